The van der Waals surface area contributed by atoms with Crippen LogP contribution in [0.3, 0.4) is 0 Å². The fourth-order valence-electron chi connectivity index (χ4n) is 4.95. The third-order valence-electron chi connectivity index (χ3n) is 6.43. The van der Waals surface area contributed by atoms with Gasteiger partial charge in [-0.15, -0.1) is 0 Å². The van der Waals surface area contributed by atoms with Crippen molar-refractivity contribution in [2.75, 3.05) is 5.32 Å². The summed E-state index contributed by atoms with van der Waals surface area (Å²) >= 11 is 0. The lowest BCUT2D eigenvalue weighted by Gasteiger charge is -2.32. The molecule has 4 aliphatic rings. The number of rotatable bonds is 1. The van der Waals surface area contributed by atoms with E-state index in [0.29, 0.717) is 16.8 Å². The van der Waals surface area contributed by atoms with Gasteiger partial charge in [0.15, 0.2) is 23.3 Å². The number of ketones is 2. The standard InChI is InChI=1S/C25H16N2O5/c26-11-12-6-5-7-13-18(12)23(31)20-19(22(13)30)16(28)10-14-21(20)27-15-8-3-1-2-4-9-17(29)25(14)24(15)32-25/h1-2,5-7,10,15,17,24,27-29H,11,26H2/b2-1-/t15-,17+,24?,25-/m0/s1. The molecule has 1 fully saturated rings. The van der Waals surface area contributed by atoms with Gasteiger partial charge in [0.1, 0.15) is 17.9 Å². The van der Waals surface area contributed by atoms with Crippen molar-refractivity contribution in [2.24, 2.45) is 5.73 Å². The molecule has 7 heteroatoms. The fourth-order valence-corrected chi connectivity index (χ4v) is 4.95. The minimum absolute atomic E-state index is 0.0336. The summed E-state index contributed by atoms with van der Waals surface area (Å²) in [7, 11) is 0. The second kappa shape index (κ2) is 6.32. The zero-order valence-electron chi connectivity index (χ0n) is 16.6. The number of aliphatic hydroxyl groups is 1. The van der Waals surface area contributed by atoms with E-state index in [-0.39, 0.29) is 34.5 Å². The minimum Gasteiger partial charge on any atom is -0.507 e. The Morgan fingerprint density at radius 1 is 1.09 bits per heavy atom. The predicted octanol–water partition coefficient (Wildman–Crippen LogP) is 0.952. The number of aliphatic hydroxyl groups excluding tert-OH is 1. The van der Waals surface area contributed by atoms with Crippen molar-refractivity contribution in [3.05, 3.63) is 69.8 Å². The summed E-state index contributed by atoms with van der Waals surface area (Å²) in [5.74, 6) is 10.1. The quantitative estimate of drug-likeness (QED) is 0.260. The number of aromatic hydroxyl groups is 1. The number of phenols is 1. The van der Waals surface area contributed by atoms with Crippen molar-refractivity contribution in [1.82, 2.24) is 0 Å². The van der Waals surface area contributed by atoms with Gasteiger partial charge >= 0.3 is 0 Å². The maximum atomic E-state index is 13.7. The third kappa shape index (κ3) is 2.22. The molecule has 2 heterocycles. The minimum atomic E-state index is -1.26. The van der Waals surface area contributed by atoms with E-state index in [9.17, 15) is 19.8 Å². The first-order chi connectivity index (χ1) is 15.5. The van der Waals surface area contributed by atoms with Crippen LogP contribution in [0.5, 0.6) is 5.75 Å². The van der Waals surface area contributed by atoms with Gasteiger partial charge in [0, 0.05) is 23.2 Å². The molecule has 2 aliphatic carbocycles. The molecule has 2 aliphatic heterocycles. The van der Waals surface area contributed by atoms with Crippen molar-refractivity contribution in [3.63, 3.8) is 0 Å². The van der Waals surface area contributed by atoms with Crippen LogP contribution in [0.2, 0.25) is 0 Å². The number of allylic oxidation sites excluding steroid dienone is 2. The molecule has 32 heavy (non-hydrogen) atoms. The number of nitrogens with one attached hydrogen (secondary N) is 1. The van der Waals surface area contributed by atoms with E-state index < -0.39 is 35.4 Å². The van der Waals surface area contributed by atoms with Crippen LogP contribution < -0.4 is 11.1 Å². The first kappa shape index (κ1) is 18.9. The molecule has 156 valence electrons. The van der Waals surface area contributed by atoms with Gasteiger partial charge in [-0.25, -0.2) is 0 Å². The highest BCUT2D eigenvalue weighted by Gasteiger charge is 2.69. The summed E-state index contributed by atoms with van der Waals surface area (Å²) in [5, 5.41) is 25.0. The third-order valence-corrected chi connectivity index (χ3v) is 6.43. The maximum Gasteiger partial charge on any atom is 0.198 e. The van der Waals surface area contributed by atoms with Crippen molar-refractivity contribution in [2.45, 2.75) is 30.4 Å². The molecule has 1 saturated heterocycles. The number of hydrogen-bond acceptors (Lipinski definition) is 7. The number of nitrogens with two attached hydrogens (primary N) is 1. The summed E-state index contributed by atoms with van der Waals surface area (Å²) < 4.78 is 5.95. The molecule has 5 N–H and O–H groups in total. The molecule has 6 rings (SSSR count). The highest BCUT2D eigenvalue weighted by atomic mass is 16.6. The molecule has 2 bridgehead atoms. The Morgan fingerprint density at radius 3 is 2.66 bits per heavy atom. The summed E-state index contributed by atoms with van der Waals surface area (Å²) in [5.41, 5.74) is 6.17. The van der Waals surface area contributed by atoms with Gasteiger partial charge < -0.3 is 26.0 Å². The Bertz CT molecular complexity index is 1420. The number of ether oxygens (including phenoxy) is 1. The SMILES string of the molecule is NCc1cccc2c1C(=O)c1c3c(cc(O)c1C2=O)[C@@]12OC1[C@H](C#C/C=C\C#C[C@H]2O)N3. The second-order valence-electron chi connectivity index (χ2n) is 8.04. The van der Waals surface area contributed by atoms with Gasteiger partial charge in [0.25, 0.3) is 0 Å². The Kier molecular flexibility index (Phi) is 3.72. The average molecular weight is 424 g/mol. The summed E-state index contributed by atoms with van der Waals surface area (Å²) in [6.45, 7) is 0.0792. The average Bonchev–Trinajstić information content (AvgIpc) is 3.56. The van der Waals surface area contributed by atoms with Gasteiger partial charge in [-0.05, 0) is 23.8 Å². The van der Waals surface area contributed by atoms with Gasteiger partial charge in [-0.3, -0.25) is 9.59 Å². The lowest BCUT2D eigenvalue weighted by atomic mass is 9.75. The molecule has 2 aromatic carbocycles. The van der Waals surface area contributed by atoms with Gasteiger partial charge in [0.05, 0.1) is 16.8 Å². The zero-order chi connectivity index (χ0) is 22.2. The van der Waals surface area contributed by atoms with Crippen LogP contribution in [0, 0.1) is 23.7 Å². The fraction of sp³-hybridized carbons (Fsp3) is 0.200. The molecule has 2 aromatic rings. The van der Waals surface area contributed by atoms with Crippen LogP contribution in [0.25, 0.3) is 0 Å². The monoisotopic (exact) mass is 424 g/mol. The van der Waals surface area contributed by atoms with Crippen LogP contribution in [0.4, 0.5) is 5.69 Å². The number of benzene rings is 2. The normalized spacial score (nSPS) is 28.9. The Labute approximate surface area is 182 Å². The molecule has 4 atom stereocenters. The van der Waals surface area contributed by atoms with E-state index in [1.807, 2.05) is 0 Å². The molecule has 1 unspecified atom stereocenters. The zero-order valence-corrected chi connectivity index (χ0v) is 16.6. The summed E-state index contributed by atoms with van der Waals surface area (Å²) in [4.78, 5) is 27.0. The van der Waals surface area contributed by atoms with Gasteiger partial charge in [-0.1, -0.05) is 41.9 Å². The lowest BCUT2D eigenvalue weighted by Crippen LogP contribution is -2.42. The van der Waals surface area contributed by atoms with Crippen LogP contribution in [-0.2, 0) is 16.9 Å². The maximum absolute atomic E-state index is 13.7. The first-order valence-electron chi connectivity index (χ1n) is 10.1. The molecule has 0 aromatic heterocycles. The predicted molar refractivity (Wildman–Crippen MR) is 114 cm³/mol. The van der Waals surface area contributed by atoms with Gasteiger partial charge in [-0.2, -0.15) is 0 Å². The van der Waals surface area contributed by atoms with Crippen molar-refractivity contribution >= 4 is 17.3 Å². The van der Waals surface area contributed by atoms with E-state index >= 15 is 0 Å². The Hall–Kier alpha value is -3.88. The highest BCUT2D eigenvalue weighted by Crippen LogP contribution is 2.59. The number of fused-ring (bicyclic) bond motifs is 4. The van der Waals surface area contributed by atoms with E-state index in [0.717, 1.165) is 0 Å². The molecule has 0 amide bonds. The van der Waals surface area contributed by atoms with Gasteiger partial charge in [0.2, 0.25) is 0 Å². The van der Waals surface area contributed by atoms with Crippen LogP contribution >= 0.6 is 0 Å². The second-order valence-corrected chi connectivity index (χ2v) is 8.04. The number of anilines is 1. The number of carbonyl (C=O) groups excluding carboxylic acids is 2. The first-order valence-corrected chi connectivity index (χ1v) is 10.1. The van der Waals surface area contributed by atoms with E-state index in [1.54, 1.807) is 24.3 Å². The topological polar surface area (TPSA) is 125 Å². The lowest BCUT2D eigenvalue weighted by molar-refractivity contribution is 0.0975. The van der Waals surface area contributed by atoms with Crippen LogP contribution in [0.15, 0.2) is 36.4 Å². The summed E-state index contributed by atoms with van der Waals surface area (Å²) in [6.07, 6.45) is 1.34. The van der Waals surface area contributed by atoms with E-state index in [2.05, 4.69) is 29.0 Å². The summed E-state index contributed by atoms with van der Waals surface area (Å²) in [6, 6.07) is 5.74. The number of carbonyl (C=O) groups is 2. The van der Waals surface area contributed by atoms with Crippen molar-refractivity contribution in [3.8, 4) is 29.4 Å². The molecule has 0 radical (unpaired) electrons. The number of phenolic OH excluding ortho intramolecular Hbond substituents is 1. The highest BCUT2D eigenvalue weighted by molar-refractivity contribution is 6.31. The van der Waals surface area contributed by atoms with Crippen molar-refractivity contribution < 1.29 is 24.5 Å². The Morgan fingerprint density at radius 2 is 1.88 bits per heavy atom. The molecular weight excluding hydrogens is 408 g/mol. The largest absolute Gasteiger partial charge is 0.507 e. The van der Waals surface area contributed by atoms with Crippen molar-refractivity contribution in [1.29, 1.82) is 0 Å². The number of hydrogen-bond donors (Lipinski definition) is 4. The van der Waals surface area contributed by atoms with Crippen LogP contribution in [-0.4, -0.2) is 40.0 Å². The Balaban J connectivity index is 1.65. The number of epoxide rings is 1. The molecular formula is C25H16N2O5. The molecule has 7 nitrogen and oxygen atoms in total. The molecule has 0 saturated carbocycles. The molecule has 0 spiro atoms. The smallest absolute Gasteiger partial charge is 0.198 e. The van der Waals surface area contributed by atoms with E-state index in [4.69, 9.17) is 10.5 Å². The van der Waals surface area contributed by atoms with E-state index in [1.165, 1.54) is 12.1 Å². The van der Waals surface area contributed by atoms with Crippen LogP contribution in [0.1, 0.15) is 43.0 Å².